The number of nitrogens with two attached hydrogens (primary N) is 1. The van der Waals surface area contributed by atoms with Crippen LogP contribution in [0.3, 0.4) is 0 Å². The summed E-state index contributed by atoms with van der Waals surface area (Å²) in [4.78, 5) is 18.9. The molecule has 0 unspecified atom stereocenters. The van der Waals surface area contributed by atoms with Crippen LogP contribution in [0.4, 0.5) is 17.5 Å². The SMILES string of the molecule is Cc1cc(N)ncc1-c1nc(N2CCOCC2)c2c(n1)N1CCOC[C@H]1C2. The molecule has 0 bridgehead atoms. The van der Waals surface area contributed by atoms with Crippen LogP contribution in [-0.2, 0) is 15.9 Å². The van der Waals surface area contributed by atoms with Crippen molar-refractivity contribution < 1.29 is 9.47 Å². The molecule has 0 aliphatic carbocycles. The number of hydrogen-bond donors (Lipinski definition) is 1. The van der Waals surface area contributed by atoms with E-state index in [1.54, 1.807) is 6.20 Å². The highest BCUT2D eigenvalue weighted by molar-refractivity contribution is 5.71. The lowest BCUT2D eigenvalue weighted by atomic mass is 10.1. The van der Waals surface area contributed by atoms with Crippen LogP contribution < -0.4 is 15.5 Å². The Labute approximate surface area is 158 Å². The lowest BCUT2D eigenvalue weighted by Gasteiger charge is -2.31. The van der Waals surface area contributed by atoms with Gasteiger partial charge in [-0.25, -0.2) is 15.0 Å². The fourth-order valence-corrected chi connectivity index (χ4v) is 4.19. The van der Waals surface area contributed by atoms with E-state index in [1.807, 2.05) is 13.0 Å². The minimum absolute atomic E-state index is 0.351. The van der Waals surface area contributed by atoms with E-state index in [4.69, 9.17) is 25.2 Å². The fraction of sp³-hybridized carbons (Fsp3) is 0.526. The van der Waals surface area contributed by atoms with E-state index in [2.05, 4.69) is 14.8 Å². The molecule has 27 heavy (non-hydrogen) atoms. The van der Waals surface area contributed by atoms with E-state index in [0.717, 1.165) is 75.2 Å². The number of nitrogens with zero attached hydrogens (tertiary/aromatic N) is 5. The lowest BCUT2D eigenvalue weighted by Crippen LogP contribution is -2.43. The van der Waals surface area contributed by atoms with Crippen LogP contribution in [0.15, 0.2) is 12.3 Å². The van der Waals surface area contributed by atoms with Crippen LogP contribution in [0.25, 0.3) is 11.4 Å². The maximum atomic E-state index is 5.83. The molecule has 0 spiro atoms. The van der Waals surface area contributed by atoms with Gasteiger partial charge in [0.25, 0.3) is 0 Å². The number of nitrogen functional groups attached to an aromatic ring is 1. The Morgan fingerprint density at radius 1 is 1.07 bits per heavy atom. The Kier molecular flexibility index (Phi) is 4.09. The number of pyridine rings is 1. The van der Waals surface area contributed by atoms with Gasteiger partial charge in [-0.1, -0.05) is 0 Å². The summed E-state index contributed by atoms with van der Waals surface area (Å²) in [5.41, 5.74) is 9.03. The number of hydrogen-bond acceptors (Lipinski definition) is 8. The van der Waals surface area contributed by atoms with Crippen molar-refractivity contribution in [2.24, 2.45) is 0 Å². The van der Waals surface area contributed by atoms with Crippen molar-refractivity contribution in [2.75, 3.05) is 61.6 Å². The Morgan fingerprint density at radius 3 is 2.67 bits per heavy atom. The standard InChI is InChI=1S/C19H24N6O2/c1-12-8-16(20)21-10-15(12)17-22-18(24-2-5-26-6-3-24)14-9-13-11-27-7-4-25(13)19(14)23-17/h8,10,13H,2-7,9,11H2,1H3,(H2,20,21)/t13-/m1/s1. The summed E-state index contributed by atoms with van der Waals surface area (Å²) in [7, 11) is 0. The first-order chi connectivity index (χ1) is 13.2. The van der Waals surface area contributed by atoms with E-state index >= 15 is 0 Å². The number of aromatic nitrogens is 3. The van der Waals surface area contributed by atoms with Gasteiger partial charge < -0.3 is 25.0 Å². The minimum atomic E-state index is 0.351. The van der Waals surface area contributed by atoms with Crippen LogP contribution in [0.2, 0.25) is 0 Å². The third-order valence-electron chi connectivity index (χ3n) is 5.59. The molecule has 2 N–H and O–H groups in total. The van der Waals surface area contributed by atoms with Crippen LogP contribution in [0, 0.1) is 6.92 Å². The average molecular weight is 368 g/mol. The normalized spacial score (nSPS) is 21.9. The molecule has 1 atom stereocenters. The second kappa shape index (κ2) is 6.61. The molecule has 3 aliphatic rings. The highest BCUT2D eigenvalue weighted by Gasteiger charge is 2.37. The monoisotopic (exact) mass is 368 g/mol. The summed E-state index contributed by atoms with van der Waals surface area (Å²) >= 11 is 0. The molecule has 8 nitrogen and oxygen atoms in total. The Balaban J connectivity index is 1.64. The van der Waals surface area contributed by atoms with E-state index in [1.165, 1.54) is 5.56 Å². The molecule has 0 amide bonds. The highest BCUT2D eigenvalue weighted by Crippen LogP contribution is 2.39. The van der Waals surface area contributed by atoms with Crippen molar-refractivity contribution in [3.63, 3.8) is 0 Å². The maximum Gasteiger partial charge on any atom is 0.165 e. The molecule has 0 saturated carbocycles. The number of ether oxygens (including phenoxy) is 2. The van der Waals surface area contributed by atoms with Gasteiger partial charge in [0.15, 0.2) is 5.82 Å². The number of fused-ring (bicyclic) bond motifs is 3. The zero-order chi connectivity index (χ0) is 18.4. The van der Waals surface area contributed by atoms with E-state index < -0.39 is 0 Å². The van der Waals surface area contributed by atoms with Gasteiger partial charge in [-0.15, -0.1) is 0 Å². The third kappa shape index (κ3) is 2.89. The molecule has 2 aromatic rings. The maximum absolute atomic E-state index is 5.83. The summed E-state index contributed by atoms with van der Waals surface area (Å²) in [6.07, 6.45) is 2.71. The summed E-state index contributed by atoms with van der Waals surface area (Å²) in [6, 6.07) is 2.22. The van der Waals surface area contributed by atoms with E-state index in [-0.39, 0.29) is 0 Å². The molecule has 2 fully saturated rings. The first kappa shape index (κ1) is 16.7. The molecule has 8 heteroatoms. The first-order valence-electron chi connectivity index (χ1n) is 9.51. The van der Waals surface area contributed by atoms with Gasteiger partial charge >= 0.3 is 0 Å². The summed E-state index contributed by atoms with van der Waals surface area (Å²) < 4.78 is 11.2. The number of aryl methyl sites for hydroxylation is 1. The van der Waals surface area contributed by atoms with Gasteiger partial charge in [-0.2, -0.15) is 0 Å². The molecule has 5 heterocycles. The lowest BCUT2D eigenvalue weighted by molar-refractivity contribution is 0.0973. The van der Waals surface area contributed by atoms with Crippen molar-refractivity contribution in [1.82, 2.24) is 15.0 Å². The van der Waals surface area contributed by atoms with Crippen molar-refractivity contribution >= 4 is 17.5 Å². The third-order valence-corrected chi connectivity index (χ3v) is 5.59. The van der Waals surface area contributed by atoms with Gasteiger partial charge in [0.1, 0.15) is 17.5 Å². The fourth-order valence-electron chi connectivity index (χ4n) is 4.19. The van der Waals surface area contributed by atoms with Gasteiger partial charge in [-0.05, 0) is 18.6 Å². The van der Waals surface area contributed by atoms with Gasteiger partial charge in [-0.3, -0.25) is 0 Å². The van der Waals surface area contributed by atoms with Crippen molar-refractivity contribution in [1.29, 1.82) is 0 Å². The average Bonchev–Trinajstić information content (AvgIpc) is 3.07. The first-order valence-corrected chi connectivity index (χ1v) is 9.51. The van der Waals surface area contributed by atoms with Crippen LogP contribution in [0.5, 0.6) is 0 Å². The van der Waals surface area contributed by atoms with Gasteiger partial charge in [0.2, 0.25) is 0 Å². The Bertz CT molecular complexity index is 868. The predicted molar refractivity (Wildman–Crippen MR) is 103 cm³/mol. The molecule has 0 aromatic carbocycles. The quantitative estimate of drug-likeness (QED) is 0.841. The summed E-state index contributed by atoms with van der Waals surface area (Å²) in [6.45, 7) is 7.54. The molecule has 2 saturated heterocycles. The molecule has 3 aliphatic heterocycles. The summed E-state index contributed by atoms with van der Waals surface area (Å²) in [5.74, 6) is 3.31. The zero-order valence-electron chi connectivity index (χ0n) is 15.5. The van der Waals surface area contributed by atoms with E-state index in [0.29, 0.717) is 17.7 Å². The second-order valence-electron chi connectivity index (χ2n) is 7.32. The minimum Gasteiger partial charge on any atom is -0.384 e. The Morgan fingerprint density at radius 2 is 1.85 bits per heavy atom. The van der Waals surface area contributed by atoms with Crippen LogP contribution in [0.1, 0.15) is 11.1 Å². The molecule has 142 valence electrons. The number of morpholine rings is 2. The molecule has 0 radical (unpaired) electrons. The highest BCUT2D eigenvalue weighted by atomic mass is 16.5. The molecular weight excluding hydrogens is 344 g/mol. The second-order valence-corrected chi connectivity index (χ2v) is 7.32. The molecular formula is C19H24N6O2. The van der Waals surface area contributed by atoms with Crippen molar-refractivity contribution in [2.45, 2.75) is 19.4 Å². The van der Waals surface area contributed by atoms with Crippen LogP contribution >= 0.6 is 0 Å². The summed E-state index contributed by atoms with van der Waals surface area (Å²) in [5, 5.41) is 0. The molecule has 5 rings (SSSR count). The van der Waals surface area contributed by atoms with Crippen molar-refractivity contribution in [3.8, 4) is 11.4 Å². The number of anilines is 3. The predicted octanol–water partition coefficient (Wildman–Crippen LogP) is 1.03. The van der Waals surface area contributed by atoms with Crippen LogP contribution in [-0.4, -0.2) is 67.1 Å². The van der Waals surface area contributed by atoms with Gasteiger partial charge in [0, 0.05) is 43.4 Å². The topological polar surface area (TPSA) is 89.6 Å². The molecule has 2 aromatic heterocycles. The smallest absolute Gasteiger partial charge is 0.165 e. The largest absolute Gasteiger partial charge is 0.384 e. The number of rotatable bonds is 2. The van der Waals surface area contributed by atoms with E-state index in [9.17, 15) is 0 Å². The Hall–Kier alpha value is -2.45. The van der Waals surface area contributed by atoms with Crippen molar-refractivity contribution in [3.05, 3.63) is 23.4 Å². The van der Waals surface area contributed by atoms with Gasteiger partial charge in [0.05, 0.1) is 32.5 Å². The zero-order valence-corrected chi connectivity index (χ0v) is 15.5.